The molecule has 0 saturated carbocycles. The molecule has 2 heterocycles. The Morgan fingerprint density at radius 1 is 1.29 bits per heavy atom. The number of carbonyl (C=O) groups excluding carboxylic acids is 1. The van der Waals surface area contributed by atoms with Gasteiger partial charge in [0, 0.05) is 23.5 Å². The summed E-state index contributed by atoms with van der Waals surface area (Å²) in [6, 6.07) is 15.9. The van der Waals surface area contributed by atoms with Crippen LogP contribution < -0.4 is 15.0 Å². The minimum absolute atomic E-state index is 0.0972. The number of aromatic nitrogens is 2. The van der Waals surface area contributed by atoms with Crippen LogP contribution in [0, 0.1) is 0 Å². The minimum atomic E-state index is 0.0972. The fourth-order valence-electron chi connectivity index (χ4n) is 3.28. The average molecular weight is 413 g/mol. The molecule has 144 valence electrons. The molecule has 1 aromatic heterocycles. The number of hydrogen-bond donors (Lipinski definition) is 1. The van der Waals surface area contributed by atoms with E-state index in [9.17, 15) is 4.79 Å². The molecule has 2 aromatic carbocycles. The number of methoxy groups -OCH3 is 1. The predicted octanol–water partition coefficient (Wildman–Crippen LogP) is 4.36. The Hall–Kier alpha value is -2.58. The fourth-order valence-corrected chi connectivity index (χ4v) is 4.91. The van der Waals surface area contributed by atoms with E-state index in [1.54, 1.807) is 7.11 Å². The van der Waals surface area contributed by atoms with Crippen LogP contribution in [0.5, 0.6) is 5.75 Å². The van der Waals surface area contributed by atoms with Crippen molar-refractivity contribution in [2.45, 2.75) is 23.7 Å². The summed E-state index contributed by atoms with van der Waals surface area (Å²) < 4.78 is 5.99. The molecule has 4 rings (SSSR count). The van der Waals surface area contributed by atoms with Crippen LogP contribution in [-0.2, 0) is 11.2 Å². The summed E-state index contributed by atoms with van der Waals surface area (Å²) in [4.78, 5) is 14.7. The van der Waals surface area contributed by atoms with Gasteiger partial charge < -0.3 is 15.0 Å². The Balaban J connectivity index is 1.37. The van der Waals surface area contributed by atoms with E-state index in [1.165, 1.54) is 28.7 Å². The van der Waals surface area contributed by atoms with Gasteiger partial charge in [-0.25, -0.2) is 0 Å². The van der Waals surface area contributed by atoms with Crippen LogP contribution in [-0.4, -0.2) is 35.0 Å². The Bertz CT molecular complexity index is 992. The van der Waals surface area contributed by atoms with E-state index in [1.807, 2.05) is 47.4 Å². The summed E-state index contributed by atoms with van der Waals surface area (Å²) >= 11 is 2.85. The molecule has 1 amide bonds. The summed E-state index contributed by atoms with van der Waals surface area (Å²) in [6.45, 7) is 2.09. The van der Waals surface area contributed by atoms with E-state index in [2.05, 4.69) is 28.5 Å². The Kier molecular flexibility index (Phi) is 5.50. The van der Waals surface area contributed by atoms with E-state index in [-0.39, 0.29) is 11.9 Å². The predicted molar refractivity (Wildman–Crippen MR) is 114 cm³/mol. The summed E-state index contributed by atoms with van der Waals surface area (Å²) in [5.74, 6) is 1.21. The number of benzene rings is 2. The van der Waals surface area contributed by atoms with Gasteiger partial charge in [0.15, 0.2) is 4.34 Å². The van der Waals surface area contributed by atoms with Crippen LogP contribution in [0.3, 0.4) is 0 Å². The zero-order chi connectivity index (χ0) is 19.5. The number of fused-ring (bicyclic) bond motifs is 1. The lowest BCUT2D eigenvalue weighted by atomic mass is 10.1. The second-order valence-corrected chi connectivity index (χ2v) is 8.66. The van der Waals surface area contributed by atoms with Gasteiger partial charge in [0.1, 0.15) is 5.75 Å². The number of carbonyl (C=O) groups is 1. The molecular formula is C20H20N4O2S2. The summed E-state index contributed by atoms with van der Waals surface area (Å²) in [5, 5.41) is 12.2. The normalized spacial score (nSPS) is 15.4. The highest BCUT2D eigenvalue weighted by Crippen LogP contribution is 2.34. The molecule has 6 nitrogen and oxygen atoms in total. The van der Waals surface area contributed by atoms with Crippen molar-refractivity contribution in [3.05, 3.63) is 54.1 Å². The van der Waals surface area contributed by atoms with Gasteiger partial charge in [-0.15, -0.1) is 10.2 Å². The van der Waals surface area contributed by atoms with E-state index >= 15 is 0 Å². The van der Waals surface area contributed by atoms with Gasteiger partial charge in [0.25, 0.3) is 0 Å². The van der Waals surface area contributed by atoms with Crippen molar-refractivity contribution < 1.29 is 9.53 Å². The van der Waals surface area contributed by atoms with E-state index in [4.69, 9.17) is 4.74 Å². The lowest BCUT2D eigenvalue weighted by Gasteiger charge is -2.22. The van der Waals surface area contributed by atoms with Crippen molar-refractivity contribution in [1.29, 1.82) is 0 Å². The van der Waals surface area contributed by atoms with E-state index in [0.717, 1.165) is 27.9 Å². The van der Waals surface area contributed by atoms with Crippen LogP contribution in [0.25, 0.3) is 0 Å². The first-order valence-electron chi connectivity index (χ1n) is 8.91. The second-order valence-electron chi connectivity index (χ2n) is 6.46. The molecule has 8 heteroatoms. The van der Waals surface area contributed by atoms with Crippen LogP contribution in [0.1, 0.15) is 12.5 Å². The van der Waals surface area contributed by atoms with Gasteiger partial charge in [0.2, 0.25) is 11.0 Å². The van der Waals surface area contributed by atoms with Crippen LogP contribution in [0.2, 0.25) is 0 Å². The lowest BCUT2D eigenvalue weighted by Crippen LogP contribution is -2.36. The standard InChI is InChI=1S/C20H20N4O2S2/c1-13-10-14-6-3-4-9-17(14)24(13)18(25)12-27-20-23-22-19(28-20)21-15-7-5-8-16(11-15)26-2/h3-9,11,13H,10,12H2,1-2H3,(H,21,22)/t13-/m1/s1. The molecule has 1 aliphatic heterocycles. The number of amides is 1. The van der Waals surface area contributed by atoms with Crippen molar-refractivity contribution in [3.63, 3.8) is 0 Å². The first-order valence-corrected chi connectivity index (χ1v) is 10.7. The molecule has 3 aromatic rings. The fraction of sp³-hybridized carbons (Fsp3) is 0.250. The molecular weight excluding hydrogens is 392 g/mol. The van der Waals surface area contributed by atoms with Gasteiger partial charge >= 0.3 is 0 Å². The van der Waals surface area contributed by atoms with E-state index in [0.29, 0.717) is 10.9 Å². The number of anilines is 3. The third-order valence-electron chi connectivity index (χ3n) is 4.52. The van der Waals surface area contributed by atoms with Crippen molar-refractivity contribution in [3.8, 4) is 5.75 Å². The van der Waals surface area contributed by atoms with Gasteiger partial charge in [0.05, 0.1) is 12.9 Å². The Morgan fingerprint density at radius 2 is 2.14 bits per heavy atom. The monoisotopic (exact) mass is 412 g/mol. The van der Waals surface area contributed by atoms with E-state index < -0.39 is 0 Å². The first kappa shape index (κ1) is 18.8. The Labute approximate surface area is 171 Å². The van der Waals surface area contributed by atoms with Crippen molar-refractivity contribution in [1.82, 2.24) is 10.2 Å². The number of para-hydroxylation sites is 1. The van der Waals surface area contributed by atoms with Gasteiger partial charge in [-0.1, -0.05) is 47.4 Å². The third-order valence-corrected chi connectivity index (χ3v) is 6.48. The molecule has 1 atom stereocenters. The highest BCUT2D eigenvalue weighted by Gasteiger charge is 2.30. The molecule has 0 aliphatic carbocycles. The molecule has 1 aliphatic rings. The molecule has 1 N–H and O–H groups in total. The number of thioether (sulfide) groups is 1. The van der Waals surface area contributed by atoms with Crippen molar-refractivity contribution in [2.24, 2.45) is 0 Å². The van der Waals surface area contributed by atoms with Crippen LogP contribution in [0.15, 0.2) is 52.9 Å². The zero-order valence-corrected chi connectivity index (χ0v) is 17.2. The largest absolute Gasteiger partial charge is 0.497 e. The molecule has 0 bridgehead atoms. The van der Waals surface area contributed by atoms with Gasteiger partial charge in [-0.3, -0.25) is 4.79 Å². The average Bonchev–Trinajstić information content (AvgIpc) is 3.29. The van der Waals surface area contributed by atoms with Crippen molar-refractivity contribution in [2.75, 3.05) is 23.1 Å². The molecule has 0 spiro atoms. The number of ether oxygens (including phenoxy) is 1. The number of rotatable bonds is 6. The third kappa shape index (κ3) is 3.98. The van der Waals surface area contributed by atoms with Crippen LogP contribution >= 0.6 is 23.1 Å². The smallest absolute Gasteiger partial charge is 0.237 e. The SMILES string of the molecule is COc1cccc(Nc2nnc(SCC(=O)N3c4ccccc4C[C@H]3C)s2)c1. The highest BCUT2D eigenvalue weighted by molar-refractivity contribution is 8.01. The first-order chi connectivity index (χ1) is 13.6. The quantitative estimate of drug-likeness (QED) is 0.607. The summed E-state index contributed by atoms with van der Waals surface area (Å²) in [5.41, 5.74) is 3.14. The van der Waals surface area contributed by atoms with Crippen LogP contribution in [0.4, 0.5) is 16.5 Å². The summed E-state index contributed by atoms with van der Waals surface area (Å²) in [6.07, 6.45) is 0.903. The number of hydrogen-bond acceptors (Lipinski definition) is 7. The minimum Gasteiger partial charge on any atom is -0.497 e. The molecule has 28 heavy (non-hydrogen) atoms. The maximum Gasteiger partial charge on any atom is 0.237 e. The summed E-state index contributed by atoms with van der Waals surface area (Å²) in [7, 11) is 1.63. The maximum absolute atomic E-state index is 12.8. The Morgan fingerprint density at radius 3 is 3.00 bits per heavy atom. The molecule has 0 radical (unpaired) electrons. The molecule has 0 unspecified atom stereocenters. The number of nitrogens with one attached hydrogen (secondary N) is 1. The van der Waals surface area contributed by atoms with Gasteiger partial charge in [-0.05, 0) is 37.1 Å². The molecule has 0 fully saturated rings. The topological polar surface area (TPSA) is 67.3 Å². The number of nitrogens with zero attached hydrogens (tertiary/aromatic N) is 3. The van der Waals surface area contributed by atoms with Crippen molar-refractivity contribution >= 4 is 45.5 Å². The zero-order valence-electron chi connectivity index (χ0n) is 15.6. The second kappa shape index (κ2) is 8.20. The highest BCUT2D eigenvalue weighted by atomic mass is 32.2. The molecule has 0 saturated heterocycles. The lowest BCUT2D eigenvalue weighted by molar-refractivity contribution is -0.116. The maximum atomic E-state index is 12.8. The van der Waals surface area contributed by atoms with Gasteiger partial charge in [-0.2, -0.15) is 0 Å².